The quantitative estimate of drug-likeness (QED) is 0.333. The van der Waals surface area contributed by atoms with Crippen molar-refractivity contribution in [1.82, 2.24) is 24.3 Å². The molecule has 0 bridgehead atoms. The summed E-state index contributed by atoms with van der Waals surface area (Å²) in [7, 11) is 2.02. The van der Waals surface area contributed by atoms with Gasteiger partial charge >= 0.3 is 0 Å². The predicted molar refractivity (Wildman–Crippen MR) is 132 cm³/mol. The number of benzene rings is 2. The van der Waals surface area contributed by atoms with Crippen LogP contribution in [0.2, 0.25) is 0 Å². The zero-order chi connectivity index (χ0) is 23.0. The van der Waals surface area contributed by atoms with Gasteiger partial charge in [0, 0.05) is 12.6 Å². The summed E-state index contributed by atoms with van der Waals surface area (Å²) in [5.41, 5.74) is 9.49. The van der Waals surface area contributed by atoms with Gasteiger partial charge in [-0.3, -0.25) is 4.57 Å². The molecule has 0 amide bonds. The molecule has 32 heavy (non-hydrogen) atoms. The van der Waals surface area contributed by atoms with Crippen LogP contribution in [0, 0.1) is 19.8 Å². The third kappa shape index (κ3) is 3.88. The van der Waals surface area contributed by atoms with E-state index in [4.69, 9.17) is 0 Å². The molecule has 166 valence electrons. The van der Waals surface area contributed by atoms with Crippen LogP contribution in [0.25, 0.3) is 28.1 Å². The monoisotopic (exact) mass is 427 g/mol. The summed E-state index contributed by atoms with van der Waals surface area (Å²) in [4.78, 5) is 4.65. The molecular formula is C27H33N5. The van der Waals surface area contributed by atoms with Crippen molar-refractivity contribution in [2.75, 3.05) is 0 Å². The highest BCUT2D eigenvalue weighted by Crippen LogP contribution is 2.31. The molecular weight excluding hydrogens is 394 g/mol. The molecule has 0 radical (unpaired) electrons. The lowest BCUT2D eigenvalue weighted by Crippen LogP contribution is -2.04. The first kappa shape index (κ1) is 22.0. The molecule has 0 aliphatic heterocycles. The number of nitrogens with zero attached hydrogens (tertiary/aromatic N) is 5. The smallest absolute Gasteiger partial charge is 0.168 e. The Labute approximate surface area is 190 Å². The number of hydrogen-bond acceptors (Lipinski definition) is 3. The molecule has 0 atom stereocenters. The Hall–Kier alpha value is -3.21. The Morgan fingerprint density at radius 1 is 1.09 bits per heavy atom. The zero-order valence-corrected chi connectivity index (χ0v) is 20.1. The van der Waals surface area contributed by atoms with Gasteiger partial charge in [-0.15, -0.1) is 10.2 Å². The number of para-hydroxylation sites is 1. The van der Waals surface area contributed by atoms with E-state index in [0.29, 0.717) is 5.92 Å². The molecule has 0 aliphatic carbocycles. The van der Waals surface area contributed by atoms with E-state index in [1.54, 1.807) is 0 Å². The van der Waals surface area contributed by atoms with E-state index in [9.17, 15) is 0 Å². The van der Waals surface area contributed by atoms with Crippen molar-refractivity contribution in [2.45, 2.75) is 53.9 Å². The molecule has 0 unspecified atom stereocenters. The first-order valence-electron chi connectivity index (χ1n) is 11.4. The fourth-order valence-electron chi connectivity index (χ4n) is 4.35. The summed E-state index contributed by atoms with van der Waals surface area (Å²) in [6, 6.07) is 10.9. The molecule has 2 heterocycles. The zero-order valence-electron chi connectivity index (χ0n) is 20.1. The van der Waals surface area contributed by atoms with Crippen molar-refractivity contribution in [2.24, 2.45) is 13.0 Å². The Kier molecular flexibility index (Phi) is 6.00. The highest BCUT2D eigenvalue weighted by atomic mass is 15.3. The predicted octanol–water partition coefficient (Wildman–Crippen LogP) is 6.15. The molecule has 0 spiro atoms. The van der Waals surface area contributed by atoms with Gasteiger partial charge in [0.05, 0.1) is 17.5 Å². The highest BCUT2D eigenvalue weighted by Gasteiger charge is 2.19. The molecule has 5 heteroatoms. The largest absolute Gasteiger partial charge is 0.334 e. The van der Waals surface area contributed by atoms with Crippen molar-refractivity contribution >= 4 is 11.0 Å². The summed E-state index contributed by atoms with van der Waals surface area (Å²) in [5, 5.41) is 9.05. The van der Waals surface area contributed by atoms with Crippen LogP contribution < -0.4 is 0 Å². The standard InChI is InChI=1S/C27H33N5/c1-8-21-15-23(19(5)14-22(21)13-12-18(4)17(2)3)27-30-29-20(6)32(27)25-11-9-10-24-26(25)28-16-31(24)7/h9-11,14-17H,4,8,12-13H2,1-3,5-7H3. The third-order valence-electron chi connectivity index (χ3n) is 6.50. The summed E-state index contributed by atoms with van der Waals surface area (Å²) >= 11 is 0. The molecule has 0 saturated heterocycles. The van der Waals surface area contributed by atoms with E-state index in [0.717, 1.165) is 53.2 Å². The van der Waals surface area contributed by atoms with Crippen LogP contribution in [0.4, 0.5) is 0 Å². The van der Waals surface area contributed by atoms with Crippen molar-refractivity contribution in [1.29, 1.82) is 0 Å². The summed E-state index contributed by atoms with van der Waals surface area (Å²) in [6.45, 7) is 15.1. The lowest BCUT2D eigenvalue weighted by Gasteiger charge is -2.16. The lowest BCUT2D eigenvalue weighted by atomic mass is 9.91. The number of hydrogen-bond donors (Lipinski definition) is 0. The number of aryl methyl sites for hydroxylation is 5. The van der Waals surface area contributed by atoms with Crippen molar-refractivity contribution in [3.8, 4) is 17.1 Å². The average Bonchev–Trinajstić information content (AvgIpc) is 3.34. The van der Waals surface area contributed by atoms with Crippen molar-refractivity contribution < 1.29 is 0 Å². The molecule has 0 fully saturated rings. The van der Waals surface area contributed by atoms with Crippen LogP contribution in [0.5, 0.6) is 0 Å². The minimum Gasteiger partial charge on any atom is -0.334 e. The van der Waals surface area contributed by atoms with E-state index < -0.39 is 0 Å². The summed E-state index contributed by atoms with van der Waals surface area (Å²) in [6.07, 6.45) is 4.90. The van der Waals surface area contributed by atoms with Gasteiger partial charge < -0.3 is 4.57 Å². The lowest BCUT2D eigenvalue weighted by molar-refractivity contribution is 0.711. The van der Waals surface area contributed by atoms with Crippen LogP contribution in [-0.2, 0) is 19.9 Å². The third-order valence-corrected chi connectivity index (χ3v) is 6.50. The normalized spacial score (nSPS) is 11.6. The first-order valence-corrected chi connectivity index (χ1v) is 11.4. The highest BCUT2D eigenvalue weighted by molar-refractivity contribution is 5.85. The first-order chi connectivity index (χ1) is 15.3. The summed E-state index contributed by atoms with van der Waals surface area (Å²) < 4.78 is 4.18. The molecule has 4 aromatic rings. The minimum atomic E-state index is 0.524. The van der Waals surface area contributed by atoms with Gasteiger partial charge in [-0.05, 0) is 73.9 Å². The molecule has 5 nitrogen and oxygen atoms in total. The number of fused-ring (bicyclic) bond motifs is 1. The summed E-state index contributed by atoms with van der Waals surface area (Å²) in [5.74, 6) is 2.25. The Morgan fingerprint density at radius 3 is 2.59 bits per heavy atom. The van der Waals surface area contributed by atoms with E-state index in [-0.39, 0.29) is 0 Å². The number of aromatic nitrogens is 5. The fourth-order valence-corrected chi connectivity index (χ4v) is 4.35. The van der Waals surface area contributed by atoms with Gasteiger partial charge in [-0.1, -0.05) is 45.1 Å². The van der Waals surface area contributed by atoms with Gasteiger partial charge in [0.2, 0.25) is 0 Å². The second-order valence-corrected chi connectivity index (χ2v) is 9.01. The van der Waals surface area contributed by atoms with Gasteiger partial charge in [0.15, 0.2) is 5.82 Å². The maximum absolute atomic E-state index is 4.65. The van der Waals surface area contributed by atoms with Crippen LogP contribution in [0.1, 0.15) is 49.7 Å². The molecule has 4 rings (SSSR count). The molecule has 0 N–H and O–H groups in total. The Morgan fingerprint density at radius 2 is 1.88 bits per heavy atom. The topological polar surface area (TPSA) is 48.5 Å². The SMILES string of the molecule is C=C(CCc1cc(C)c(-c2nnc(C)n2-c2cccc3c2ncn3C)cc1CC)C(C)C. The van der Waals surface area contributed by atoms with Crippen LogP contribution in [-0.4, -0.2) is 24.3 Å². The second kappa shape index (κ2) is 8.73. The van der Waals surface area contributed by atoms with Gasteiger partial charge in [0.1, 0.15) is 11.3 Å². The molecule has 0 aliphatic rings. The maximum Gasteiger partial charge on any atom is 0.168 e. The molecule has 0 saturated carbocycles. The van der Waals surface area contributed by atoms with Crippen LogP contribution in [0.15, 0.2) is 48.8 Å². The van der Waals surface area contributed by atoms with Crippen LogP contribution in [0.3, 0.4) is 0 Å². The second-order valence-electron chi connectivity index (χ2n) is 9.01. The minimum absolute atomic E-state index is 0.524. The van der Waals surface area contributed by atoms with Gasteiger partial charge in [-0.2, -0.15) is 0 Å². The van der Waals surface area contributed by atoms with Gasteiger partial charge in [0.25, 0.3) is 0 Å². The van der Waals surface area contributed by atoms with Crippen LogP contribution >= 0.6 is 0 Å². The van der Waals surface area contributed by atoms with Gasteiger partial charge in [-0.25, -0.2) is 4.98 Å². The molecule has 2 aromatic heterocycles. The number of allylic oxidation sites excluding steroid dienone is 1. The molecule has 2 aromatic carbocycles. The van der Waals surface area contributed by atoms with Crippen molar-refractivity contribution in [3.63, 3.8) is 0 Å². The Bertz CT molecular complexity index is 1290. The van der Waals surface area contributed by atoms with E-state index in [2.05, 4.69) is 84.4 Å². The number of imidazole rings is 1. The van der Waals surface area contributed by atoms with E-state index >= 15 is 0 Å². The maximum atomic E-state index is 4.65. The average molecular weight is 428 g/mol. The van der Waals surface area contributed by atoms with E-state index in [1.165, 1.54) is 22.3 Å². The Balaban J connectivity index is 1.81. The number of rotatable bonds is 7. The van der Waals surface area contributed by atoms with Crippen molar-refractivity contribution in [3.05, 3.63) is 71.3 Å². The van der Waals surface area contributed by atoms with E-state index in [1.807, 2.05) is 24.9 Å². The fraction of sp³-hybridized carbons (Fsp3) is 0.370.